The number of piperazine rings is 1. The Morgan fingerprint density at radius 2 is 1.66 bits per heavy atom. The number of rotatable bonds is 3. The zero-order valence-corrected chi connectivity index (χ0v) is 18.3. The van der Waals surface area contributed by atoms with E-state index in [4.69, 9.17) is 16.3 Å². The number of alkyl halides is 3. The minimum absolute atomic E-state index is 0.581. The molecule has 0 spiro atoms. The summed E-state index contributed by atoms with van der Waals surface area (Å²) in [5, 5.41) is 0.765. The highest BCUT2D eigenvalue weighted by molar-refractivity contribution is 6.31. The van der Waals surface area contributed by atoms with Crippen molar-refractivity contribution in [3.63, 3.8) is 0 Å². The summed E-state index contributed by atoms with van der Waals surface area (Å²) >= 11 is 6.38. The van der Waals surface area contributed by atoms with Gasteiger partial charge in [-0.25, -0.2) is 14.6 Å². The van der Waals surface area contributed by atoms with Crippen LogP contribution in [-0.2, 0) is 12.6 Å². The van der Waals surface area contributed by atoms with Gasteiger partial charge in [-0.1, -0.05) is 29.8 Å². The number of halogens is 4. The molecule has 2 aliphatic heterocycles. The Kier molecular flexibility index (Phi) is 5.48. The number of anilines is 1. The lowest BCUT2D eigenvalue weighted by Gasteiger charge is -2.31. The second-order valence-electron chi connectivity index (χ2n) is 8.34. The van der Waals surface area contributed by atoms with E-state index in [9.17, 15) is 13.2 Å². The van der Waals surface area contributed by atoms with Crippen molar-refractivity contribution in [1.29, 1.82) is 0 Å². The predicted octanol–water partition coefficient (Wildman–Crippen LogP) is 4.52. The summed E-state index contributed by atoms with van der Waals surface area (Å²) in [7, 11) is 0. The first kappa shape index (κ1) is 21.1. The molecule has 2 aromatic rings. The van der Waals surface area contributed by atoms with Crippen molar-refractivity contribution in [1.82, 2.24) is 14.6 Å². The Morgan fingerprint density at radius 1 is 0.938 bits per heavy atom. The van der Waals surface area contributed by atoms with E-state index in [1.807, 2.05) is 29.2 Å². The van der Waals surface area contributed by atoms with Gasteiger partial charge in [0, 0.05) is 16.8 Å². The van der Waals surface area contributed by atoms with Crippen LogP contribution in [0.5, 0.6) is 0 Å². The SMILES string of the molecule is FC(F)(F)c1ccc(N2CCN(C3=[N+]=C(Cc4ccccc4Cl)C4=C3CCC4)CC2)nc1. The quantitative estimate of drug-likeness (QED) is 0.633. The van der Waals surface area contributed by atoms with Crippen molar-refractivity contribution in [2.45, 2.75) is 31.9 Å². The van der Waals surface area contributed by atoms with Gasteiger partial charge in [0.1, 0.15) is 18.9 Å². The van der Waals surface area contributed by atoms with E-state index in [2.05, 4.69) is 9.88 Å². The maximum Gasteiger partial charge on any atom is 0.417 e. The van der Waals surface area contributed by atoms with Crippen LogP contribution in [0, 0.1) is 0 Å². The molecule has 3 aliphatic rings. The minimum atomic E-state index is -4.37. The molecule has 0 amide bonds. The van der Waals surface area contributed by atoms with Gasteiger partial charge >= 0.3 is 12.0 Å². The van der Waals surface area contributed by atoms with Crippen LogP contribution < -0.4 is 9.57 Å². The lowest BCUT2D eigenvalue weighted by atomic mass is 10.0. The monoisotopic (exact) mass is 459 g/mol. The van der Waals surface area contributed by atoms with E-state index >= 15 is 0 Å². The van der Waals surface area contributed by atoms with Gasteiger partial charge in [-0.05, 0) is 43.0 Å². The van der Waals surface area contributed by atoms with Crippen molar-refractivity contribution in [2.24, 2.45) is 0 Å². The maximum atomic E-state index is 12.8. The van der Waals surface area contributed by atoms with Crippen LogP contribution >= 0.6 is 11.6 Å². The molecule has 8 heteroatoms. The van der Waals surface area contributed by atoms with Gasteiger partial charge in [0.05, 0.1) is 30.6 Å². The van der Waals surface area contributed by atoms with E-state index in [1.165, 1.54) is 17.2 Å². The molecule has 1 aromatic heterocycles. The summed E-state index contributed by atoms with van der Waals surface area (Å²) in [6.45, 7) is 2.91. The van der Waals surface area contributed by atoms with Gasteiger partial charge in [0.15, 0.2) is 0 Å². The van der Waals surface area contributed by atoms with Crippen LogP contribution in [0.15, 0.2) is 53.7 Å². The number of allylic oxidation sites excluding steroid dienone is 1. The molecule has 4 nitrogen and oxygen atoms in total. The molecule has 1 aliphatic carbocycles. The summed E-state index contributed by atoms with van der Waals surface area (Å²) in [6, 6.07) is 10.5. The highest BCUT2D eigenvalue weighted by atomic mass is 35.5. The Morgan fingerprint density at radius 3 is 2.34 bits per heavy atom. The number of nitrogens with zero attached hydrogens (tertiary/aromatic N) is 4. The smallest absolute Gasteiger partial charge is 0.349 e. The zero-order chi connectivity index (χ0) is 22.3. The second-order valence-corrected chi connectivity index (χ2v) is 8.75. The number of amidine groups is 1. The topological polar surface area (TPSA) is 33.5 Å². The fourth-order valence-corrected chi connectivity index (χ4v) is 4.89. The van der Waals surface area contributed by atoms with Crippen LogP contribution in [0.3, 0.4) is 0 Å². The third-order valence-corrected chi connectivity index (χ3v) is 6.74. The minimum Gasteiger partial charge on any atom is -0.349 e. The summed E-state index contributed by atoms with van der Waals surface area (Å²) < 4.78 is 43.4. The molecular weight excluding hydrogens is 437 g/mol. The van der Waals surface area contributed by atoms with Crippen molar-refractivity contribution < 1.29 is 13.2 Å². The first-order valence-electron chi connectivity index (χ1n) is 10.8. The highest BCUT2D eigenvalue weighted by Gasteiger charge is 2.40. The van der Waals surface area contributed by atoms with Gasteiger partial charge in [0.2, 0.25) is 5.71 Å². The molecule has 32 heavy (non-hydrogen) atoms. The Labute approximate surface area is 189 Å². The lowest BCUT2D eigenvalue weighted by molar-refractivity contribution is -0.137. The number of hydrogen-bond donors (Lipinski definition) is 0. The van der Waals surface area contributed by atoms with Crippen LogP contribution in [0.25, 0.3) is 0 Å². The summed E-state index contributed by atoms with van der Waals surface area (Å²) in [6.07, 6.45) is 0.519. The van der Waals surface area contributed by atoms with Gasteiger partial charge in [-0.2, -0.15) is 13.2 Å². The predicted molar refractivity (Wildman–Crippen MR) is 121 cm³/mol. The van der Waals surface area contributed by atoms with Gasteiger partial charge in [-0.3, -0.25) is 0 Å². The number of benzene rings is 1. The normalized spacial score (nSPS) is 18.8. The zero-order valence-electron chi connectivity index (χ0n) is 17.5. The molecule has 5 rings (SSSR count). The van der Waals surface area contributed by atoms with E-state index in [0.29, 0.717) is 18.9 Å². The van der Waals surface area contributed by atoms with Gasteiger partial charge < -0.3 is 4.90 Å². The van der Waals surface area contributed by atoms with E-state index < -0.39 is 11.7 Å². The average Bonchev–Trinajstić information content (AvgIpc) is 3.39. The molecule has 0 unspecified atom stereocenters. The number of hydrogen-bond acceptors (Lipinski definition) is 3. The second kappa shape index (κ2) is 8.30. The number of aromatic nitrogens is 1. The van der Waals surface area contributed by atoms with E-state index in [-0.39, 0.29) is 0 Å². The lowest BCUT2D eigenvalue weighted by Crippen LogP contribution is -2.49. The third-order valence-electron chi connectivity index (χ3n) is 6.37. The third kappa shape index (κ3) is 4.03. The van der Waals surface area contributed by atoms with Crippen LogP contribution in [0.2, 0.25) is 5.02 Å². The molecule has 0 saturated carbocycles. The largest absolute Gasteiger partial charge is 0.417 e. The summed E-state index contributed by atoms with van der Waals surface area (Å²) in [4.78, 5) is 8.38. The molecule has 0 bridgehead atoms. The standard InChI is InChI=1S/C24H23ClF3N4/c25-20-7-2-1-4-16(20)14-21-18-5-3-6-19(18)23(30-21)32-12-10-31(11-13-32)22-9-8-17(15-29-22)24(26,27)28/h1-2,4,7-9,15H,3,5-6,10-14H2/q+1. The summed E-state index contributed by atoms with van der Waals surface area (Å²) in [5.41, 5.74) is 4.21. The first-order chi connectivity index (χ1) is 15.4. The molecule has 1 saturated heterocycles. The Hall–Kier alpha value is -2.76. The van der Waals surface area contributed by atoms with Gasteiger partial charge in [-0.15, -0.1) is 0 Å². The van der Waals surface area contributed by atoms with Crippen LogP contribution in [0.1, 0.15) is 30.4 Å². The molecule has 166 valence electrons. The fraction of sp³-hybridized carbons (Fsp3) is 0.375. The molecule has 0 atom stereocenters. The fourth-order valence-electron chi connectivity index (χ4n) is 4.69. The van der Waals surface area contributed by atoms with Crippen molar-refractivity contribution in [3.8, 4) is 0 Å². The number of pyridine rings is 1. The average molecular weight is 460 g/mol. The van der Waals surface area contributed by atoms with E-state index in [1.54, 1.807) is 0 Å². The Balaban J connectivity index is 1.31. The first-order valence-corrected chi connectivity index (χ1v) is 11.2. The van der Waals surface area contributed by atoms with Gasteiger partial charge in [0.25, 0.3) is 0 Å². The molecule has 1 aromatic carbocycles. The van der Waals surface area contributed by atoms with Crippen molar-refractivity contribution in [2.75, 3.05) is 31.1 Å². The molecule has 0 radical (unpaired) electrons. The summed E-state index contributed by atoms with van der Waals surface area (Å²) in [5.74, 6) is 1.65. The maximum absolute atomic E-state index is 12.8. The van der Waals surface area contributed by atoms with Crippen LogP contribution in [0.4, 0.5) is 19.0 Å². The molecule has 3 heterocycles. The van der Waals surface area contributed by atoms with E-state index in [0.717, 1.165) is 73.2 Å². The molecule has 0 N–H and O–H groups in total. The highest BCUT2D eigenvalue weighted by Crippen LogP contribution is 2.33. The molecule has 1 fully saturated rings. The Bertz CT molecular complexity index is 1120. The van der Waals surface area contributed by atoms with Crippen molar-refractivity contribution >= 4 is 29.0 Å². The molecular formula is C24H23ClF3N4+. The van der Waals surface area contributed by atoms with Crippen LogP contribution in [-0.4, -0.2) is 47.6 Å². The van der Waals surface area contributed by atoms with Crippen molar-refractivity contribution in [3.05, 3.63) is 69.9 Å².